The minimum absolute atomic E-state index is 0.802. The summed E-state index contributed by atoms with van der Waals surface area (Å²) in [6, 6.07) is 0. The summed E-state index contributed by atoms with van der Waals surface area (Å²) in [6.45, 7) is 3.12. The summed E-state index contributed by atoms with van der Waals surface area (Å²) in [4.78, 5) is 0. The molecule has 1 nitrogen and oxygen atoms in total. The fourth-order valence-electron chi connectivity index (χ4n) is 1.62. The molecule has 2 N–H and O–H groups in total. The summed E-state index contributed by atoms with van der Waals surface area (Å²) >= 11 is 0. The van der Waals surface area contributed by atoms with Crippen molar-refractivity contribution < 1.29 is 0 Å². The van der Waals surface area contributed by atoms with Crippen LogP contribution in [0.4, 0.5) is 0 Å². The highest BCUT2D eigenvalue weighted by Gasteiger charge is 2.14. The van der Waals surface area contributed by atoms with Crippen molar-refractivity contribution in [1.29, 1.82) is 0 Å². The molecule has 58 valence electrons. The second-order valence-electron chi connectivity index (χ2n) is 3.15. The molecular weight excluding hydrogens is 122 g/mol. The van der Waals surface area contributed by atoms with Crippen molar-refractivity contribution in [3.63, 3.8) is 0 Å². The van der Waals surface area contributed by atoms with E-state index in [0.717, 1.165) is 18.9 Å². The summed E-state index contributed by atoms with van der Waals surface area (Å²) in [7, 11) is 0. The molecule has 1 atom stereocenters. The SMILES string of the molecule is CC1CCCC1=CCCN. The fourth-order valence-corrected chi connectivity index (χ4v) is 1.62. The number of rotatable bonds is 2. The topological polar surface area (TPSA) is 26.0 Å². The van der Waals surface area contributed by atoms with Gasteiger partial charge in [-0.15, -0.1) is 0 Å². The second kappa shape index (κ2) is 3.77. The first-order valence-electron chi connectivity index (χ1n) is 4.23. The van der Waals surface area contributed by atoms with Gasteiger partial charge in [0.1, 0.15) is 0 Å². The Morgan fingerprint density at radius 1 is 1.70 bits per heavy atom. The first-order valence-corrected chi connectivity index (χ1v) is 4.23. The van der Waals surface area contributed by atoms with E-state index in [1.165, 1.54) is 19.3 Å². The third-order valence-corrected chi connectivity index (χ3v) is 2.31. The predicted molar refractivity (Wildman–Crippen MR) is 44.8 cm³/mol. The molecule has 0 aliphatic heterocycles. The molecule has 0 aromatic carbocycles. The Bertz CT molecular complexity index is 127. The normalized spacial score (nSPS) is 29.8. The van der Waals surface area contributed by atoms with Crippen molar-refractivity contribution in [3.8, 4) is 0 Å². The van der Waals surface area contributed by atoms with Gasteiger partial charge >= 0.3 is 0 Å². The fraction of sp³-hybridized carbons (Fsp3) is 0.778. The lowest BCUT2D eigenvalue weighted by molar-refractivity contribution is 0.693. The minimum atomic E-state index is 0.802. The maximum absolute atomic E-state index is 5.41. The Kier molecular flexibility index (Phi) is 2.94. The summed E-state index contributed by atoms with van der Waals surface area (Å²) in [5, 5.41) is 0. The largest absolute Gasteiger partial charge is 0.330 e. The quantitative estimate of drug-likeness (QED) is 0.582. The van der Waals surface area contributed by atoms with E-state index in [9.17, 15) is 0 Å². The first kappa shape index (κ1) is 7.80. The molecule has 1 heteroatoms. The van der Waals surface area contributed by atoms with Gasteiger partial charge in [-0.05, 0) is 38.1 Å². The Hall–Kier alpha value is -0.300. The molecule has 1 unspecified atom stereocenters. The highest BCUT2D eigenvalue weighted by molar-refractivity contribution is 5.09. The van der Waals surface area contributed by atoms with E-state index in [4.69, 9.17) is 5.73 Å². The van der Waals surface area contributed by atoms with Crippen LogP contribution in [0.5, 0.6) is 0 Å². The Morgan fingerprint density at radius 2 is 2.50 bits per heavy atom. The lowest BCUT2D eigenvalue weighted by atomic mass is 10.0. The molecule has 0 heterocycles. The zero-order valence-corrected chi connectivity index (χ0v) is 6.77. The molecule has 0 aromatic rings. The maximum Gasteiger partial charge on any atom is -0.00425 e. The van der Waals surface area contributed by atoms with Crippen molar-refractivity contribution in [2.24, 2.45) is 11.7 Å². The molecule has 1 rings (SSSR count). The highest BCUT2D eigenvalue weighted by Crippen LogP contribution is 2.30. The monoisotopic (exact) mass is 139 g/mol. The highest BCUT2D eigenvalue weighted by atomic mass is 14.5. The van der Waals surface area contributed by atoms with Crippen LogP contribution >= 0.6 is 0 Å². The van der Waals surface area contributed by atoms with Gasteiger partial charge in [-0.1, -0.05) is 18.6 Å². The van der Waals surface area contributed by atoms with E-state index in [-0.39, 0.29) is 0 Å². The van der Waals surface area contributed by atoms with Crippen LogP contribution in [0, 0.1) is 5.92 Å². The first-order chi connectivity index (χ1) is 4.84. The molecule has 1 aliphatic carbocycles. The Labute approximate surface area is 63.3 Å². The van der Waals surface area contributed by atoms with Gasteiger partial charge in [0.05, 0.1) is 0 Å². The molecule has 0 amide bonds. The molecule has 0 saturated heterocycles. The molecule has 1 aliphatic rings. The lowest BCUT2D eigenvalue weighted by Crippen LogP contribution is -1.97. The Balaban J connectivity index is 2.38. The van der Waals surface area contributed by atoms with Crippen LogP contribution in [-0.2, 0) is 0 Å². The maximum atomic E-state index is 5.41. The van der Waals surface area contributed by atoms with E-state index < -0.39 is 0 Å². The average Bonchev–Trinajstić information content (AvgIpc) is 2.31. The van der Waals surface area contributed by atoms with E-state index in [2.05, 4.69) is 13.0 Å². The van der Waals surface area contributed by atoms with E-state index >= 15 is 0 Å². The molecule has 0 radical (unpaired) electrons. The summed E-state index contributed by atoms with van der Waals surface area (Å²) in [5.74, 6) is 0.839. The molecule has 10 heavy (non-hydrogen) atoms. The van der Waals surface area contributed by atoms with Gasteiger partial charge in [0.2, 0.25) is 0 Å². The molecule has 1 fully saturated rings. The smallest absolute Gasteiger partial charge is 0.00425 e. The van der Waals surface area contributed by atoms with Crippen LogP contribution in [-0.4, -0.2) is 6.54 Å². The molecule has 0 aromatic heterocycles. The van der Waals surface area contributed by atoms with Crippen molar-refractivity contribution in [1.82, 2.24) is 0 Å². The number of hydrogen-bond acceptors (Lipinski definition) is 1. The summed E-state index contributed by atoms with van der Waals surface area (Å²) in [5.41, 5.74) is 7.05. The minimum Gasteiger partial charge on any atom is -0.330 e. The predicted octanol–water partition coefficient (Wildman–Crippen LogP) is 2.08. The van der Waals surface area contributed by atoms with Crippen LogP contribution in [0.15, 0.2) is 11.6 Å². The van der Waals surface area contributed by atoms with E-state index in [1.54, 1.807) is 5.57 Å². The van der Waals surface area contributed by atoms with E-state index in [0.29, 0.717) is 0 Å². The van der Waals surface area contributed by atoms with Gasteiger partial charge in [-0.3, -0.25) is 0 Å². The van der Waals surface area contributed by atoms with Gasteiger partial charge in [-0.2, -0.15) is 0 Å². The van der Waals surface area contributed by atoms with Crippen molar-refractivity contribution in [3.05, 3.63) is 11.6 Å². The average molecular weight is 139 g/mol. The standard InChI is InChI=1S/C9H17N/c1-8-4-2-5-9(8)6-3-7-10/h6,8H,2-5,7,10H2,1H3. The zero-order valence-electron chi connectivity index (χ0n) is 6.77. The molecular formula is C9H17N. The van der Waals surface area contributed by atoms with Crippen molar-refractivity contribution in [2.75, 3.05) is 6.54 Å². The second-order valence-corrected chi connectivity index (χ2v) is 3.15. The lowest BCUT2D eigenvalue weighted by Gasteiger charge is -2.02. The summed E-state index contributed by atoms with van der Waals surface area (Å²) in [6.07, 6.45) is 7.49. The van der Waals surface area contributed by atoms with Crippen LogP contribution in [0.3, 0.4) is 0 Å². The van der Waals surface area contributed by atoms with Crippen molar-refractivity contribution >= 4 is 0 Å². The van der Waals surface area contributed by atoms with Crippen LogP contribution < -0.4 is 5.73 Å². The molecule has 0 bridgehead atoms. The van der Waals surface area contributed by atoms with Crippen LogP contribution in [0.25, 0.3) is 0 Å². The van der Waals surface area contributed by atoms with Gasteiger partial charge in [0.15, 0.2) is 0 Å². The van der Waals surface area contributed by atoms with Crippen LogP contribution in [0.1, 0.15) is 32.6 Å². The number of nitrogens with two attached hydrogens (primary N) is 1. The Morgan fingerprint density at radius 3 is 3.00 bits per heavy atom. The molecule has 0 spiro atoms. The van der Waals surface area contributed by atoms with Gasteiger partial charge in [0, 0.05) is 0 Å². The third-order valence-electron chi connectivity index (χ3n) is 2.31. The van der Waals surface area contributed by atoms with Gasteiger partial charge in [-0.25, -0.2) is 0 Å². The molecule has 1 saturated carbocycles. The summed E-state index contributed by atoms with van der Waals surface area (Å²) < 4.78 is 0. The number of hydrogen-bond donors (Lipinski definition) is 1. The third kappa shape index (κ3) is 1.84. The van der Waals surface area contributed by atoms with Gasteiger partial charge < -0.3 is 5.73 Å². The zero-order chi connectivity index (χ0) is 7.40. The van der Waals surface area contributed by atoms with Gasteiger partial charge in [0.25, 0.3) is 0 Å². The van der Waals surface area contributed by atoms with Crippen molar-refractivity contribution in [2.45, 2.75) is 32.6 Å². The van der Waals surface area contributed by atoms with E-state index in [1.807, 2.05) is 0 Å². The number of allylic oxidation sites excluding steroid dienone is 1. The van der Waals surface area contributed by atoms with Crippen LogP contribution in [0.2, 0.25) is 0 Å².